The first-order valence-corrected chi connectivity index (χ1v) is 7.18. The Hall–Kier alpha value is -1.79. The summed E-state index contributed by atoms with van der Waals surface area (Å²) >= 11 is 0. The van der Waals surface area contributed by atoms with Crippen molar-refractivity contribution >= 4 is 9.84 Å². The van der Waals surface area contributed by atoms with E-state index in [4.69, 9.17) is 5.73 Å². The van der Waals surface area contributed by atoms with Crippen LogP contribution >= 0.6 is 0 Å². The van der Waals surface area contributed by atoms with Gasteiger partial charge in [0.05, 0.1) is 10.9 Å². The molecule has 2 rings (SSSR count). The van der Waals surface area contributed by atoms with E-state index < -0.39 is 9.84 Å². The van der Waals surface area contributed by atoms with Gasteiger partial charge in [0.15, 0.2) is 9.84 Å². The fourth-order valence-electron chi connectivity index (χ4n) is 1.59. The zero-order valence-electron chi connectivity index (χ0n) is 9.82. The second-order valence-corrected chi connectivity index (χ2v) is 6.01. The van der Waals surface area contributed by atoms with Crippen molar-refractivity contribution in [2.45, 2.75) is 10.9 Å². The molecule has 5 nitrogen and oxygen atoms in total. The lowest BCUT2D eigenvalue weighted by Crippen LogP contribution is -2.12. The first-order valence-electron chi connectivity index (χ1n) is 5.29. The van der Waals surface area contributed by atoms with Crippen LogP contribution in [0.25, 0.3) is 0 Å². The topological polar surface area (TPSA) is 85.9 Å². The van der Waals surface area contributed by atoms with Crippen molar-refractivity contribution in [1.82, 2.24) is 9.97 Å². The minimum atomic E-state index is -3.18. The predicted molar refractivity (Wildman–Crippen MR) is 67.6 cm³/mol. The van der Waals surface area contributed by atoms with Gasteiger partial charge in [-0.1, -0.05) is 12.1 Å². The molecule has 0 saturated carbocycles. The first-order chi connectivity index (χ1) is 8.48. The molecule has 6 heteroatoms. The molecule has 0 aliphatic heterocycles. The molecule has 0 fully saturated rings. The number of nitrogens with two attached hydrogens (primary N) is 1. The molecule has 0 aliphatic carbocycles. The van der Waals surface area contributed by atoms with Gasteiger partial charge in [-0.2, -0.15) is 0 Å². The highest BCUT2D eigenvalue weighted by atomic mass is 32.2. The SMILES string of the molecule is CS(=O)(=O)c1ccc(C(N)c2cncnc2)cc1. The van der Waals surface area contributed by atoms with Crippen molar-refractivity contribution in [1.29, 1.82) is 0 Å². The smallest absolute Gasteiger partial charge is 0.175 e. The zero-order valence-corrected chi connectivity index (χ0v) is 10.6. The number of benzene rings is 1. The van der Waals surface area contributed by atoms with E-state index in [2.05, 4.69) is 9.97 Å². The van der Waals surface area contributed by atoms with Crippen LogP contribution in [-0.4, -0.2) is 24.6 Å². The predicted octanol–water partition coefficient (Wildman–Crippen LogP) is 0.928. The van der Waals surface area contributed by atoms with Crippen molar-refractivity contribution in [3.63, 3.8) is 0 Å². The van der Waals surface area contributed by atoms with E-state index in [1.165, 1.54) is 12.6 Å². The third-order valence-electron chi connectivity index (χ3n) is 2.61. The molecule has 0 bridgehead atoms. The number of hydrogen-bond acceptors (Lipinski definition) is 5. The summed E-state index contributed by atoms with van der Waals surface area (Å²) in [4.78, 5) is 8.08. The third kappa shape index (κ3) is 2.72. The van der Waals surface area contributed by atoms with Crippen LogP contribution in [0.5, 0.6) is 0 Å². The maximum absolute atomic E-state index is 11.3. The van der Waals surface area contributed by atoms with Gasteiger partial charge in [0.25, 0.3) is 0 Å². The van der Waals surface area contributed by atoms with Crippen LogP contribution in [0.15, 0.2) is 47.9 Å². The second-order valence-electron chi connectivity index (χ2n) is 3.99. The largest absolute Gasteiger partial charge is 0.320 e. The molecule has 1 heterocycles. The fourth-order valence-corrected chi connectivity index (χ4v) is 2.22. The second kappa shape index (κ2) is 4.83. The van der Waals surface area contributed by atoms with Crippen LogP contribution in [0.2, 0.25) is 0 Å². The maximum Gasteiger partial charge on any atom is 0.175 e. The lowest BCUT2D eigenvalue weighted by atomic mass is 10.0. The van der Waals surface area contributed by atoms with Crippen LogP contribution < -0.4 is 5.73 Å². The third-order valence-corrected chi connectivity index (χ3v) is 3.74. The van der Waals surface area contributed by atoms with Gasteiger partial charge in [-0.25, -0.2) is 18.4 Å². The number of nitrogens with zero attached hydrogens (tertiary/aromatic N) is 2. The number of aromatic nitrogens is 2. The van der Waals surface area contributed by atoms with Crippen LogP contribution in [0.1, 0.15) is 17.2 Å². The summed E-state index contributed by atoms with van der Waals surface area (Å²) in [5.74, 6) is 0. The van der Waals surface area contributed by atoms with Gasteiger partial charge in [-0.15, -0.1) is 0 Å². The van der Waals surface area contributed by atoms with Gasteiger partial charge < -0.3 is 5.73 Å². The number of rotatable bonds is 3. The van der Waals surface area contributed by atoms with E-state index >= 15 is 0 Å². The molecule has 1 aromatic heterocycles. The molecular weight excluding hydrogens is 250 g/mol. The Morgan fingerprint density at radius 2 is 1.61 bits per heavy atom. The standard InChI is InChI=1S/C12H13N3O2S/c1-18(16,17)11-4-2-9(3-5-11)12(13)10-6-14-8-15-7-10/h2-8,12H,13H2,1H3. The lowest BCUT2D eigenvalue weighted by molar-refractivity contribution is 0.602. The monoisotopic (exact) mass is 263 g/mol. The summed E-state index contributed by atoms with van der Waals surface area (Å²) < 4.78 is 22.7. The summed E-state index contributed by atoms with van der Waals surface area (Å²) in [5, 5.41) is 0. The molecule has 1 aromatic carbocycles. The Bertz CT molecular complexity index is 624. The van der Waals surface area contributed by atoms with E-state index in [0.717, 1.165) is 11.1 Å². The van der Waals surface area contributed by atoms with Gasteiger partial charge in [0.1, 0.15) is 6.33 Å². The highest BCUT2D eigenvalue weighted by Gasteiger charge is 2.11. The van der Waals surface area contributed by atoms with Gasteiger partial charge in [-0.3, -0.25) is 0 Å². The van der Waals surface area contributed by atoms with E-state index in [1.54, 1.807) is 36.7 Å². The number of hydrogen-bond donors (Lipinski definition) is 1. The number of sulfone groups is 1. The van der Waals surface area contributed by atoms with Crippen LogP contribution in [0.3, 0.4) is 0 Å². The summed E-state index contributed by atoms with van der Waals surface area (Å²) in [5.41, 5.74) is 7.64. The average Bonchev–Trinajstić information content (AvgIpc) is 2.38. The molecule has 0 aliphatic rings. The van der Waals surface area contributed by atoms with Crippen molar-refractivity contribution in [2.75, 3.05) is 6.26 Å². The van der Waals surface area contributed by atoms with Gasteiger partial charge >= 0.3 is 0 Å². The summed E-state index contributed by atoms with van der Waals surface area (Å²) in [6.07, 6.45) is 5.89. The molecule has 1 atom stereocenters. The highest BCUT2D eigenvalue weighted by molar-refractivity contribution is 7.90. The maximum atomic E-state index is 11.3. The van der Waals surface area contributed by atoms with Crippen molar-refractivity contribution < 1.29 is 8.42 Å². The van der Waals surface area contributed by atoms with Gasteiger partial charge in [0.2, 0.25) is 0 Å². The van der Waals surface area contributed by atoms with Crippen molar-refractivity contribution in [3.8, 4) is 0 Å². The van der Waals surface area contributed by atoms with Crippen LogP contribution in [0, 0.1) is 0 Å². The Labute approximate surface area is 106 Å². The van der Waals surface area contributed by atoms with Crippen molar-refractivity contribution in [3.05, 3.63) is 54.1 Å². The molecule has 0 amide bonds. The Morgan fingerprint density at radius 1 is 1.06 bits per heavy atom. The molecule has 2 N–H and O–H groups in total. The van der Waals surface area contributed by atoms with Crippen molar-refractivity contribution in [2.24, 2.45) is 5.73 Å². The lowest BCUT2D eigenvalue weighted by Gasteiger charge is -2.11. The van der Waals surface area contributed by atoms with E-state index in [-0.39, 0.29) is 10.9 Å². The highest BCUT2D eigenvalue weighted by Crippen LogP contribution is 2.19. The van der Waals surface area contributed by atoms with Crippen LogP contribution in [0.4, 0.5) is 0 Å². The molecule has 94 valence electrons. The Kier molecular flexibility index (Phi) is 3.40. The average molecular weight is 263 g/mol. The minimum Gasteiger partial charge on any atom is -0.320 e. The molecule has 1 unspecified atom stereocenters. The molecular formula is C12H13N3O2S. The Morgan fingerprint density at radius 3 is 2.11 bits per heavy atom. The van der Waals surface area contributed by atoms with E-state index in [1.807, 2.05) is 0 Å². The summed E-state index contributed by atoms with van der Waals surface area (Å²) in [6.45, 7) is 0. The normalized spacial score (nSPS) is 13.2. The van der Waals surface area contributed by atoms with Gasteiger partial charge in [0, 0.05) is 24.2 Å². The van der Waals surface area contributed by atoms with Gasteiger partial charge in [-0.05, 0) is 17.7 Å². The minimum absolute atomic E-state index is 0.280. The summed E-state index contributed by atoms with van der Waals surface area (Å²) in [6, 6.07) is 6.14. The molecule has 0 radical (unpaired) electrons. The molecule has 0 saturated heterocycles. The Balaban J connectivity index is 2.31. The molecule has 2 aromatic rings. The quantitative estimate of drug-likeness (QED) is 0.890. The fraction of sp³-hybridized carbons (Fsp3) is 0.167. The van der Waals surface area contributed by atoms with E-state index in [0.29, 0.717) is 0 Å². The molecule has 18 heavy (non-hydrogen) atoms. The van der Waals surface area contributed by atoms with E-state index in [9.17, 15) is 8.42 Å². The molecule has 0 spiro atoms. The first kappa shape index (κ1) is 12.7. The zero-order chi connectivity index (χ0) is 13.2. The summed E-state index contributed by atoms with van der Waals surface area (Å²) in [7, 11) is -3.18. The van der Waals surface area contributed by atoms with Crippen LogP contribution in [-0.2, 0) is 9.84 Å².